The largest absolute Gasteiger partial charge is 0.496 e. The number of thiophene rings is 1. The van der Waals surface area contributed by atoms with E-state index in [-0.39, 0.29) is 0 Å². The van der Waals surface area contributed by atoms with Crippen LogP contribution in [0, 0.1) is 6.92 Å². The summed E-state index contributed by atoms with van der Waals surface area (Å²) in [6.45, 7) is 2.77. The van der Waals surface area contributed by atoms with Gasteiger partial charge in [-0.2, -0.15) is 0 Å². The predicted molar refractivity (Wildman–Crippen MR) is 67.2 cm³/mol. The fourth-order valence-electron chi connectivity index (χ4n) is 1.49. The number of hydrogen-bond donors (Lipinski definition) is 1. The summed E-state index contributed by atoms with van der Waals surface area (Å²) in [4.78, 5) is 5.43. The van der Waals surface area contributed by atoms with Crippen molar-refractivity contribution in [3.8, 4) is 5.75 Å². The van der Waals surface area contributed by atoms with Crippen LogP contribution < -0.4 is 10.1 Å². The van der Waals surface area contributed by atoms with Crippen molar-refractivity contribution in [2.75, 3.05) is 12.4 Å². The zero-order valence-electron chi connectivity index (χ0n) is 9.36. The van der Waals surface area contributed by atoms with Gasteiger partial charge >= 0.3 is 0 Å². The number of rotatable bonds is 4. The highest BCUT2D eigenvalue weighted by atomic mass is 32.1. The molecule has 0 aliphatic heterocycles. The summed E-state index contributed by atoms with van der Waals surface area (Å²) in [7, 11) is 1.70. The molecule has 0 spiro atoms. The number of aromatic nitrogens is 1. The number of nitrogens with one attached hydrogen (secondary N) is 1. The highest BCUT2D eigenvalue weighted by Gasteiger charge is 2.04. The summed E-state index contributed by atoms with van der Waals surface area (Å²) >= 11 is 1.69. The zero-order valence-corrected chi connectivity index (χ0v) is 10.2. The molecule has 84 valence electrons. The summed E-state index contributed by atoms with van der Waals surface area (Å²) in [5.41, 5.74) is 2.08. The Morgan fingerprint density at radius 1 is 1.44 bits per heavy atom. The third-order valence-corrected chi connectivity index (χ3v) is 3.27. The lowest BCUT2D eigenvalue weighted by atomic mass is 10.3. The maximum Gasteiger partial charge on any atom is 0.134 e. The van der Waals surface area contributed by atoms with Crippen LogP contribution in [0.3, 0.4) is 0 Å². The second kappa shape index (κ2) is 4.99. The fourth-order valence-corrected chi connectivity index (χ4v) is 2.27. The van der Waals surface area contributed by atoms with Gasteiger partial charge in [0.2, 0.25) is 0 Å². The molecule has 0 aliphatic carbocycles. The van der Waals surface area contributed by atoms with Gasteiger partial charge < -0.3 is 10.1 Å². The van der Waals surface area contributed by atoms with Crippen LogP contribution in [0.2, 0.25) is 0 Å². The SMILES string of the molecule is COc1ccsc1CNc1cccnc1C. The van der Waals surface area contributed by atoms with Gasteiger partial charge in [-0.15, -0.1) is 11.3 Å². The van der Waals surface area contributed by atoms with Gasteiger partial charge in [0.05, 0.1) is 29.9 Å². The molecule has 0 aliphatic rings. The highest BCUT2D eigenvalue weighted by molar-refractivity contribution is 7.10. The maximum absolute atomic E-state index is 5.26. The minimum atomic E-state index is 0.771. The van der Waals surface area contributed by atoms with E-state index in [0.29, 0.717) is 0 Å². The van der Waals surface area contributed by atoms with Crippen molar-refractivity contribution in [1.29, 1.82) is 0 Å². The molecule has 4 heteroatoms. The van der Waals surface area contributed by atoms with Crippen LogP contribution in [0.25, 0.3) is 0 Å². The van der Waals surface area contributed by atoms with Crippen molar-refractivity contribution >= 4 is 17.0 Å². The maximum atomic E-state index is 5.26. The van der Waals surface area contributed by atoms with E-state index in [1.807, 2.05) is 30.5 Å². The Morgan fingerprint density at radius 3 is 3.06 bits per heavy atom. The van der Waals surface area contributed by atoms with Crippen LogP contribution in [0.4, 0.5) is 5.69 Å². The van der Waals surface area contributed by atoms with Crippen molar-refractivity contribution in [2.24, 2.45) is 0 Å². The first-order valence-electron chi connectivity index (χ1n) is 5.07. The third-order valence-electron chi connectivity index (χ3n) is 2.37. The van der Waals surface area contributed by atoms with Gasteiger partial charge in [0.25, 0.3) is 0 Å². The summed E-state index contributed by atoms with van der Waals surface area (Å²) in [5.74, 6) is 0.944. The lowest BCUT2D eigenvalue weighted by Gasteiger charge is -2.08. The Morgan fingerprint density at radius 2 is 2.31 bits per heavy atom. The quantitative estimate of drug-likeness (QED) is 0.882. The van der Waals surface area contributed by atoms with Gasteiger partial charge in [-0.05, 0) is 30.5 Å². The first kappa shape index (κ1) is 11.0. The van der Waals surface area contributed by atoms with Crippen LogP contribution in [0.15, 0.2) is 29.8 Å². The van der Waals surface area contributed by atoms with Crippen molar-refractivity contribution in [1.82, 2.24) is 4.98 Å². The predicted octanol–water partition coefficient (Wildman–Crippen LogP) is 3.07. The van der Waals surface area contributed by atoms with Crippen LogP contribution in [0.5, 0.6) is 5.75 Å². The summed E-state index contributed by atoms with van der Waals surface area (Å²) in [6.07, 6.45) is 1.80. The molecule has 0 atom stereocenters. The minimum absolute atomic E-state index is 0.771. The number of nitrogens with zero attached hydrogens (tertiary/aromatic N) is 1. The molecule has 0 fully saturated rings. The molecule has 0 saturated carbocycles. The summed E-state index contributed by atoms with van der Waals surface area (Å²) in [5, 5.41) is 5.39. The molecule has 2 rings (SSSR count). The van der Waals surface area contributed by atoms with Crippen LogP contribution >= 0.6 is 11.3 Å². The van der Waals surface area contributed by atoms with Gasteiger partial charge in [-0.1, -0.05) is 0 Å². The van der Waals surface area contributed by atoms with E-state index in [4.69, 9.17) is 4.74 Å². The molecule has 0 radical (unpaired) electrons. The van der Waals surface area contributed by atoms with Crippen molar-refractivity contribution < 1.29 is 4.74 Å². The fraction of sp³-hybridized carbons (Fsp3) is 0.250. The lowest BCUT2D eigenvalue weighted by molar-refractivity contribution is 0.413. The van der Waals surface area contributed by atoms with Gasteiger partial charge in [0, 0.05) is 6.20 Å². The van der Waals surface area contributed by atoms with E-state index >= 15 is 0 Å². The molecule has 0 bridgehead atoms. The molecule has 0 saturated heterocycles. The Kier molecular flexibility index (Phi) is 3.41. The number of ether oxygens (including phenoxy) is 1. The Labute approximate surface area is 99.1 Å². The van der Waals surface area contributed by atoms with Crippen molar-refractivity contribution in [2.45, 2.75) is 13.5 Å². The first-order chi connectivity index (χ1) is 7.81. The van der Waals surface area contributed by atoms with E-state index in [0.717, 1.165) is 23.7 Å². The second-order valence-corrected chi connectivity index (χ2v) is 4.40. The molecule has 2 aromatic heterocycles. The van der Waals surface area contributed by atoms with E-state index in [9.17, 15) is 0 Å². The highest BCUT2D eigenvalue weighted by Crippen LogP contribution is 2.25. The third kappa shape index (κ3) is 2.33. The van der Waals surface area contributed by atoms with Gasteiger partial charge in [0.15, 0.2) is 0 Å². The normalized spacial score (nSPS) is 10.1. The minimum Gasteiger partial charge on any atom is -0.496 e. The van der Waals surface area contributed by atoms with Crippen molar-refractivity contribution in [3.63, 3.8) is 0 Å². The average molecular weight is 234 g/mol. The number of pyridine rings is 1. The molecule has 2 aromatic rings. The standard InChI is InChI=1S/C12H14N2OS/c1-9-10(4-3-6-13-9)14-8-12-11(15-2)5-7-16-12/h3-7,14H,8H2,1-2H3. The average Bonchev–Trinajstić information content (AvgIpc) is 2.75. The number of hydrogen-bond acceptors (Lipinski definition) is 4. The molecule has 1 N–H and O–H groups in total. The van der Waals surface area contributed by atoms with E-state index in [1.54, 1.807) is 24.6 Å². The molecular formula is C12H14N2OS. The molecule has 0 unspecified atom stereocenters. The van der Waals surface area contributed by atoms with E-state index in [2.05, 4.69) is 10.3 Å². The number of anilines is 1. The Balaban J connectivity index is 2.05. The summed E-state index contributed by atoms with van der Waals surface area (Å²) < 4.78 is 5.26. The lowest BCUT2D eigenvalue weighted by Crippen LogP contribution is -2.01. The van der Waals surface area contributed by atoms with Gasteiger partial charge in [-0.3, -0.25) is 4.98 Å². The first-order valence-corrected chi connectivity index (χ1v) is 5.95. The molecule has 16 heavy (non-hydrogen) atoms. The number of methoxy groups -OCH3 is 1. The van der Waals surface area contributed by atoms with E-state index < -0.39 is 0 Å². The molecular weight excluding hydrogens is 220 g/mol. The monoisotopic (exact) mass is 234 g/mol. The van der Waals surface area contributed by atoms with E-state index in [1.165, 1.54) is 4.88 Å². The van der Waals surface area contributed by atoms with Crippen molar-refractivity contribution in [3.05, 3.63) is 40.3 Å². The van der Waals surface area contributed by atoms with Crippen LogP contribution in [-0.4, -0.2) is 12.1 Å². The molecule has 0 amide bonds. The topological polar surface area (TPSA) is 34.1 Å². The smallest absolute Gasteiger partial charge is 0.134 e. The molecule has 0 aromatic carbocycles. The Bertz CT molecular complexity index is 468. The van der Waals surface area contributed by atoms with Crippen LogP contribution in [-0.2, 0) is 6.54 Å². The van der Waals surface area contributed by atoms with Gasteiger partial charge in [-0.25, -0.2) is 0 Å². The Hall–Kier alpha value is -1.55. The second-order valence-electron chi connectivity index (χ2n) is 3.40. The molecule has 3 nitrogen and oxygen atoms in total. The van der Waals surface area contributed by atoms with Crippen LogP contribution in [0.1, 0.15) is 10.6 Å². The number of aryl methyl sites for hydroxylation is 1. The molecule has 2 heterocycles. The van der Waals surface area contributed by atoms with Gasteiger partial charge in [0.1, 0.15) is 5.75 Å². The summed E-state index contributed by atoms with van der Waals surface area (Å²) in [6, 6.07) is 5.95. The zero-order chi connectivity index (χ0) is 11.4.